The lowest BCUT2D eigenvalue weighted by molar-refractivity contribution is -0.119. The summed E-state index contributed by atoms with van der Waals surface area (Å²) in [4.78, 5) is 24.2. The number of carbonyl (C=O) groups is 2. The van der Waals surface area contributed by atoms with Gasteiger partial charge >= 0.3 is 5.97 Å². The van der Waals surface area contributed by atoms with E-state index in [-0.39, 0.29) is 18.0 Å². The SMILES string of the molecule is O=C(CNc1cccc2ccccc12)N/N=C/c1ccc(OC(=O)c2cccc(F)c2)cc1. The van der Waals surface area contributed by atoms with E-state index in [1.165, 1.54) is 24.4 Å². The first kappa shape index (κ1) is 21.7. The summed E-state index contributed by atoms with van der Waals surface area (Å²) in [6.45, 7) is 0.0698. The number of halogens is 1. The Morgan fingerprint density at radius 2 is 1.67 bits per heavy atom. The summed E-state index contributed by atoms with van der Waals surface area (Å²) in [5, 5.41) is 9.20. The number of nitrogens with zero attached hydrogens (tertiary/aromatic N) is 1. The van der Waals surface area contributed by atoms with Crippen LogP contribution in [0.3, 0.4) is 0 Å². The van der Waals surface area contributed by atoms with E-state index in [9.17, 15) is 14.0 Å². The van der Waals surface area contributed by atoms with Gasteiger partial charge in [0, 0.05) is 11.1 Å². The minimum Gasteiger partial charge on any atom is -0.423 e. The molecule has 0 heterocycles. The lowest BCUT2D eigenvalue weighted by Crippen LogP contribution is -2.25. The van der Waals surface area contributed by atoms with Gasteiger partial charge in [-0.15, -0.1) is 0 Å². The number of ether oxygens (including phenoxy) is 1. The number of amides is 1. The van der Waals surface area contributed by atoms with Crippen molar-refractivity contribution in [3.05, 3.63) is 108 Å². The van der Waals surface area contributed by atoms with E-state index in [0.29, 0.717) is 11.3 Å². The third-order valence-electron chi connectivity index (χ3n) is 4.78. The molecule has 0 aliphatic carbocycles. The minimum absolute atomic E-state index is 0.0698. The Kier molecular flexibility index (Phi) is 6.70. The topological polar surface area (TPSA) is 79.8 Å². The van der Waals surface area contributed by atoms with Gasteiger partial charge in [-0.05, 0) is 59.5 Å². The number of esters is 1. The fraction of sp³-hybridized carbons (Fsp3) is 0.0385. The maximum Gasteiger partial charge on any atom is 0.343 e. The Labute approximate surface area is 189 Å². The molecule has 33 heavy (non-hydrogen) atoms. The molecule has 0 aliphatic heterocycles. The average molecular weight is 441 g/mol. The van der Waals surface area contributed by atoms with Crippen molar-refractivity contribution in [1.82, 2.24) is 5.43 Å². The van der Waals surface area contributed by atoms with Crippen LogP contribution in [-0.4, -0.2) is 24.6 Å². The number of anilines is 1. The van der Waals surface area contributed by atoms with Gasteiger partial charge in [-0.25, -0.2) is 14.6 Å². The van der Waals surface area contributed by atoms with E-state index in [1.54, 1.807) is 24.3 Å². The van der Waals surface area contributed by atoms with Crippen LogP contribution in [-0.2, 0) is 4.79 Å². The number of hydrazone groups is 1. The zero-order valence-electron chi connectivity index (χ0n) is 17.5. The van der Waals surface area contributed by atoms with Gasteiger partial charge in [0.05, 0.1) is 18.3 Å². The number of rotatable bonds is 7. The van der Waals surface area contributed by atoms with E-state index < -0.39 is 11.8 Å². The first-order chi connectivity index (χ1) is 16.1. The largest absolute Gasteiger partial charge is 0.423 e. The molecule has 0 saturated carbocycles. The quantitative estimate of drug-likeness (QED) is 0.188. The maximum absolute atomic E-state index is 13.2. The zero-order valence-corrected chi connectivity index (χ0v) is 17.5. The van der Waals surface area contributed by atoms with Crippen molar-refractivity contribution in [3.63, 3.8) is 0 Å². The van der Waals surface area contributed by atoms with Crippen LogP contribution < -0.4 is 15.5 Å². The molecule has 6 nitrogen and oxygen atoms in total. The monoisotopic (exact) mass is 441 g/mol. The minimum atomic E-state index is -0.651. The molecule has 0 atom stereocenters. The van der Waals surface area contributed by atoms with Crippen molar-refractivity contribution < 1.29 is 18.7 Å². The van der Waals surface area contributed by atoms with Crippen LogP contribution in [0.5, 0.6) is 5.75 Å². The van der Waals surface area contributed by atoms with Crippen molar-refractivity contribution in [3.8, 4) is 5.75 Å². The second-order valence-electron chi connectivity index (χ2n) is 7.14. The molecule has 0 bridgehead atoms. The Morgan fingerprint density at radius 3 is 2.48 bits per heavy atom. The molecule has 0 aliphatic rings. The van der Waals surface area contributed by atoms with Crippen LogP contribution in [0.15, 0.2) is 96.1 Å². The van der Waals surface area contributed by atoms with Gasteiger partial charge in [-0.3, -0.25) is 4.79 Å². The number of fused-ring (bicyclic) bond motifs is 1. The van der Waals surface area contributed by atoms with Crippen molar-refractivity contribution in [2.75, 3.05) is 11.9 Å². The first-order valence-corrected chi connectivity index (χ1v) is 10.2. The molecular formula is C26H20FN3O3. The molecule has 0 radical (unpaired) electrons. The average Bonchev–Trinajstić information content (AvgIpc) is 2.84. The Bertz CT molecular complexity index is 1310. The molecular weight excluding hydrogens is 421 g/mol. The highest BCUT2D eigenvalue weighted by atomic mass is 19.1. The maximum atomic E-state index is 13.2. The summed E-state index contributed by atoms with van der Waals surface area (Å²) in [5.41, 5.74) is 4.16. The molecule has 4 rings (SSSR count). The number of hydrogen-bond donors (Lipinski definition) is 2. The standard InChI is InChI=1S/C26H20FN3O3/c27-21-8-3-7-20(15-21)26(32)33-22-13-11-18(12-14-22)16-29-30-25(31)17-28-24-10-4-6-19-5-1-2-9-23(19)24/h1-16,28H,17H2,(H,30,31)/b29-16+. The van der Waals surface area contributed by atoms with Crippen LogP contribution in [0.1, 0.15) is 15.9 Å². The first-order valence-electron chi connectivity index (χ1n) is 10.2. The molecule has 0 unspecified atom stereocenters. The lowest BCUT2D eigenvalue weighted by Gasteiger charge is -2.08. The van der Waals surface area contributed by atoms with Gasteiger partial charge in [0.2, 0.25) is 0 Å². The van der Waals surface area contributed by atoms with Crippen molar-refractivity contribution in [2.45, 2.75) is 0 Å². The van der Waals surface area contributed by atoms with Gasteiger partial charge in [0.25, 0.3) is 5.91 Å². The predicted octanol–water partition coefficient (Wildman–Crippen LogP) is 4.76. The smallest absolute Gasteiger partial charge is 0.343 e. The molecule has 164 valence electrons. The summed E-state index contributed by atoms with van der Waals surface area (Å²) >= 11 is 0. The molecule has 2 N–H and O–H groups in total. The fourth-order valence-electron chi connectivity index (χ4n) is 3.18. The van der Waals surface area contributed by atoms with Gasteiger partial charge < -0.3 is 10.1 Å². The highest BCUT2D eigenvalue weighted by molar-refractivity contribution is 5.95. The summed E-state index contributed by atoms with van der Waals surface area (Å²) in [6.07, 6.45) is 1.48. The molecule has 1 amide bonds. The van der Waals surface area contributed by atoms with Crippen LogP contribution in [0.2, 0.25) is 0 Å². The van der Waals surface area contributed by atoms with E-state index in [2.05, 4.69) is 15.8 Å². The lowest BCUT2D eigenvalue weighted by atomic mass is 10.1. The van der Waals surface area contributed by atoms with E-state index in [4.69, 9.17) is 4.74 Å². The normalized spacial score (nSPS) is 10.8. The van der Waals surface area contributed by atoms with Gasteiger partial charge in [-0.2, -0.15) is 5.10 Å². The Hall–Kier alpha value is -4.52. The number of carbonyl (C=O) groups excluding carboxylic acids is 2. The molecule has 7 heteroatoms. The molecule has 4 aromatic rings. The Morgan fingerprint density at radius 1 is 0.909 bits per heavy atom. The second kappa shape index (κ2) is 10.2. The fourth-order valence-corrected chi connectivity index (χ4v) is 3.18. The highest BCUT2D eigenvalue weighted by Crippen LogP contribution is 2.22. The van der Waals surface area contributed by atoms with Crippen molar-refractivity contribution in [1.29, 1.82) is 0 Å². The summed E-state index contributed by atoms with van der Waals surface area (Å²) in [7, 11) is 0. The summed E-state index contributed by atoms with van der Waals surface area (Å²) < 4.78 is 18.5. The van der Waals surface area contributed by atoms with E-state index in [0.717, 1.165) is 22.5 Å². The molecule has 0 aromatic heterocycles. The summed E-state index contributed by atoms with van der Waals surface area (Å²) in [5.74, 6) is -1.14. The van der Waals surface area contributed by atoms with Crippen molar-refractivity contribution >= 4 is 34.6 Å². The van der Waals surface area contributed by atoms with Crippen LogP contribution >= 0.6 is 0 Å². The molecule has 0 spiro atoms. The van der Waals surface area contributed by atoms with Crippen LogP contribution in [0.4, 0.5) is 10.1 Å². The van der Waals surface area contributed by atoms with Crippen LogP contribution in [0, 0.1) is 5.82 Å². The second-order valence-corrected chi connectivity index (χ2v) is 7.14. The van der Waals surface area contributed by atoms with Gasteiger partial charge in [0.1, 0.15) is 11.6 Å². The predicted molar refractivity (Wildman–Crippen MR) is 126 cm³/mol. The van der Waals surface area contributed by atoms with Gasteiger partial charge in [-0.1, -0.05) is 42.5 Å². The van der Waals surface area contributed by atoms with E-state index >= 15 is 0 Å². The molecule has 0 fully saturated rings. The third kappa shape index (κ3) is 5.80. The number of nitrogens with one attached hydrogen (secondary N) is 2. The molecule has 0 saturated heterocycles. The van der Waals surface area contributed by atoms with Crippen LogP contribution in [0.25, 0.3) is 10.8 Å². The number of benzene rings is 4. The van der Waals surface area contributed by atoms with E-state index in [1.807, 2.05) is 42.5 Å². The van der Waals surface area contributed by atoms with Crippen molar-refractivity contribution in [2.24, 2.45) is 5.10 Å². The van der Waals surface area contributed by atoms with Gasteiger partial charge in [0.15, 0.2) is 0 Å². The Balaban J connectivity index is 1.27. The third-order valence-corrected chi connectivity index (χ3v) is 4.78. The molecule has 4 aromatic carbocycles. The zero-order chi connectivity index (χ0) is 23.0. The highest BCUT2D eigenvalue weighted by Gasteiger charge is 2.09. The number of hydrogen-bond acceptors (Lipinski definition) is 5. The summed E-state index contributed by atoms with van der Waals surface area (Å²) in [6, 6.07) is 25.6.